The molecule has 0 spiro atoms. The number of primary amides is 1. The van der Waals surface area contributed by atoms with Crippen molar-refractivity contribution in [2.45, 2.75) is 44.8 Å². The first-order chi connectivity index (χ1) is 9.79. The van der Waals surface area contributed by atoms with Crippen LogP contribution in [0, 0.1) is 12.8 Å². The van der Waals surface area contributed by atoms with Gasteiger partial charge < -0.3 is 11.1 Å². The Bertz CT molecular complexity index is 528. The molecule has 1 fully saturated rings. The fraction of sp³-hybridized carbons (Fsp3) is 0.533. The summed E-state index contributed by atoms with van der Waals surface area (Å²) in [5.41, 5.74) is 7.03. The monoisotopic (exact) mass is 300 g/mol. The number of rotatable bonds is 3. The first kappa shape index (κ1) is 15.7. The molecular formula is C15H19F3N2O. The summed E-state index contributed by atoms with van der Waals surface area (Å²) in [5, 5.41) is 3.14. The zero-order chi connectivity index (χ0) is 15.6. The highest BCUT2D eigenvalue weighted by molar-refractivity contribution is 5.95. The van der Waals surface area contributed by atoms with Crippen LogP contribution in [0.2, 0.25) is 0 Å². The number of hydrogen-bond donors (Lipinski definition) is 2. The lowest BCUT2D eigenvalue weighted by Gasteiger charge is -2.32. The predicted molar refractivity (Wildman–Crippen MR) is 75.1 cm³/mol. The molecule has 0 heterocycles. The maximum Gasteiger partial charge on any atom is 0.391 e. The minimum atomic E-state index is -4.13. The number of nitrogens with one attached hydrogen (secondary N) is 1. The van der Waals surface area contributed by atoms with E-state index in [-0.39, 0.29) is 18.9 Å². The Morgan fingerprint density at radius 3 is 2.67 bits per heavy atom. The van der Waals surface area contributed by atoms with Crippen LogP contribution in [0.25, 0.3) is 0 Å². The summed E-state index contributed by atoms with van der Waals surface area (Å²) < 4.78 is 38.4. The van der Waals surface area contributed by atoms with Crippen molar-refractivity contribution >= 4 is 11.6 Å². The van der Waals surface area contributed by atoms with Crippen molar-refractivity contribution in [1.29, 1.82) is 0 Å². The number of amides is 1. The summed E-state index contributed by atoms with van der Waals surface area (Å²) in [4.78, 5) is 11.3. The van der Waals surface area contributed by atoms with E-state index in [2.05, 4.69) is 5.32 Å². The summed E-state index contributed by atoms with van der Waals surface area (Å²) >= 11 is 0. The summed E-state index contributed by atoms with van der Waals surface area (Å²) in [6.45, 7) is 1.74. The van der Waals surface area contributed by atoms with Crippen molar-refractivity contribution in [1.82, 2.24) is 0 Å². The van der Waals surface area contributed by atoms with Crippen LogP contribution < -0.4 is 11.1 Å². The molecule has 0 saturated heterocycles. The zero-order valence-electron chi connectivity index (χ0n) is 11.8. The van der Waals surface area contributed by atoms with E-state index in [1.54, 1.807) is 25.1 Å². The highest BCUT2D eigenvalue weighted by Gasteiger charge is 2.42. The van der Waals surface area contributed by atoms with Gasteiger partial charge >= 0.3 is 6.18 Å². The SMILES string of the molecule is Cc1c(NC2CCCC(C(F)(F)F)C2)cccc1C(N)=O. The Labute approximate surface area is 121 Å². The zero-order valence-corrected chi connectivity index (χ0v) is 11.8. The van der Waals surface area contributed by atoms with E-state index in [0.717, 1.165) is 0 Å². The van der Waals surface area contributed by atoms with Crippen molar-refractivity contribution < 1.29 is 18.0 Å². The number of anilines is 1. The second-order valence-corrected chi connectivity index (χ2v) is 5.59. The average Bonchev–Trinajstić information content (AvgIpc) is 2.40. The third kappa shape index (κ3) is 3.68. The quantitative estimate of drug-likeness (QED) is 0.895. The second kappa shape index (κ2) is 5.95. The number of nitrogens with two attached hydrogens (primary N) is 1. The molecule has 0 bridgehead atoms. The highest BCUT2D eigenvalue weighted by atomic mass is 19.4. The van der Waals surface area contributed by atoms with Gasteiger partial charge in [0.1, 0.15) is 0 Å². The molecule has 1 amide bonds. The number of benzene rings is 1. The molecule has 1 aromatic carbocycles. The van der Waals surface area contributed by atoms with Gasteiger partial charge in [-0.05, 0) is 43.9 Å². The molecule has 116 valence electrons. The topological polar surface area (TPSA) is 55.1 Å². The number of hydrogen-bond acceptors (Lipinski definition) is 2. The highest BCUT2D eigenvalue weighted by Crippen LogP contribution is 2.38. The maximum absolute atomic E-state index is 12.8. The molecular weight excluding hydrogens is 281 g/mol. The van der Waals surface area contributed by atoms with E-state index in [9.17, 15) is 18.0 Å². The van der Waals surface area contributed by atoms with Gasteiger partial charge in [-0.3, -0.25) is 4.79 Å². The first-order valence-corrected chi connectivity index (χ1v) is 7.01. The molecule has 21 heavy (non-hydrogen) atoms. The van der Waals surface area contributed by atoms with Gasteiger partial charge in [0.2, 0.25) is 5.91 Å². The summed E-state index contributed by atoms with van der Waals surface area (Å²) in [6.07, 6.45) is -2.61. The fourth-order valence-corrected chi connectivity index (χ4v) is 2.90. The third-order valence-corrected chi connectivity index (χ3v) is 4.10. The summed E-state index contributed by atoms with van der Waals surface area (Å²) in [5.74, 6) is -1.78. The number of carbonyl (C=O) groups excluding carboxylic acids is 1. The second-order valence-electron chi connectivity index (χ2n) is 5.59. The van der Waals surface area contributed by atoms with Gasteiger partial charge in [-0.15, -0.1) is 0 Å². The van der Waals surface area contributed by atoms with Crippen LogP contribution in [0.1, 0.15) is 41.6 Å². The minimum absolute atomic E-state index is 0.0732. The van der Waals surface area contributed by atoms with Crippen molar-refractivity contribution in [2.75, 3.05) is 5.32 Å². The van der Waals surface area contributed by atoms with Gasteiger partial charge in [0.15, 0.2) is 0 Å². The van der Waals surface area contributed by atoms with E-state index < -0.39 is 18.0 Å². The Hall–Kier alpha value is -1.72. The van der Waals surface area contributed by atoms with Gasteiger partial charge in [-0.25, -0.2) is 0 Å². The molecule has 0 aromatic heterocycles. The standard InChI is InChI=1S/C15H19F3N2O/c1-9-12(14(19)21)6-3-7-13(9)20-11-5-2-4-10(8-11)15(16,17)18/h3,6-7,10-11,20H,2,4-5,8H2,1H3,(H2,19,21). The van der Waals surface area contributed by atoms with Gasteiger partial charge in [0.05, 0.1) is 5.92 Å². The molecule has 1 aliphatic rings. The molecule has 1 aliphatic carbocycles. The smallest absolute Gasteiger partial charge is 0.382 e. The van der Waals surface area contributed by atoms with Crippen molar-refractivity contribution in [3.05, 3.63) is 29.3 Å². The molecule has 3 nitrogen and oxygen atoms in total. The number of halogens is 3. The van der Waals surface area contributed by atoms with E-state index >= 15 is 0 Å². The third-order valence-electron chi connectivity index (χ3n) is 4.10. The minimum Gasteiger partial charge on any atom is -0.382 e. The Balaban J connectivity index is 2.12. The van der Waals surface area contributed by atoms with E-state index in [1.165, 1.54) is 0 Å². The lowest BCUT2D eigenvalue weighted by atomic mass is 9.85. The lowest BCUT2D eigenvalue weighted by Crippen LogP contribution is -2.34. The van der Waals surface area contributed by atoms with Gasteiger partial charge in [0.25, 0.3) is 0 Å². The van der Waals surface area contributed by atoms with Crippen LogP contribution in [0.3, 0.4) is 0 Å². The largest absolute Gasteiger partial charge is 0.391 e. The number of alkyl halides is 3. The van der Waals surface area contributed by atoms with Gasteiger partial charge in [-0.2, -0.15) is 13.2 Å². The number of carbonyl (C=O) groups is 1. The van der Waals surface area contributed by atoms with E-state index in [0.29, 0.717) is 29.7 Å². The normalized spacial score (nSPS) is 22.9. The van der Waals surface area contributed by atoms with Crippen LogP contribution in [0.4, 0.5) is 18.9 Å². The fourth-order valence-electron chi connectivity index (χ4n) is 2.90. The molecule has 0 aliphatic heterocycles. The van der Waals surface area contributed by atoms with Crippen LogP contribution >= 0.6 is 0 Å². The average molecular weight is 300 g/mol. The Morgan fingerprint density at radius 2 is 2.05 bits per heavy atom. The molecule has 6 heteroatoms. The maximum atomic E-state index is 12.8. The Morgan fingerprint density at radius 1 is 1.33 bits per heavy atom. The molecule has 0 radical (unpaired) electrons. The summed E-state index contributed by atoms with van der Waals surface area (Å²) in [6, 6.07) is 4.83. The van der Waals surface area contributed by atoms with Crippen molar-refractivity contribution in [3.63, 3.8) is 0 Å². The molecule has 2 rings (SSSR count). The van der Waals surface area contributed by atoms with Crippen LogP contribution in [-0.4, -0.2) is 18.1 Å². The molecule has 1 saturated carbocycles. The predicted octanol–water partition coefficient (Wildman–Crippen LogP) is 3.63. The van der Waals surface area contributed by atoms with E-state index in [4.69, 9.17) is 5.73 Å². The Kier molecular flexibility index (Phi) is 4.44. The summed E-state index contributed by atoms with van der Waals surface area (Å²) in [7, 11) is 0. The lowest BCUT2D eigenvalue weighted by molar-refractivity contribution is -0.182. The van der Waals surface area contributed by atoms with Crippen molar-refractivity contribution in [2.24, 2.45) is 11.7 Å². The molecule has 1 aromatic rings. The first-order valence-electron chi connectivity index (χ1n) is 7.01. The van der Waals surface area contributed by atoms with Crippen LogP contribution in [-0.2, 0) is 0 Å². The molecule has 3 N–H and O–H groups in total. The van der Waals surface area contributed by atoms with E-state index in [1.807, 2.05) is 0 Å². The molecule has 2 unspecified atom stereocenters. The van der Waals surface area contributed by atoms with Crippen molar-refractivity contribution in [3.8, 4) is 0 Å². The molecule has 2 atom stereocenters. The van der Waals surface area contributed by atoms with Crippen LogP contribution in [0.15, 0.2) is 18.2 Å². The van der Waals surface area contributed by atoms with Gasteiger partial charge in [-0.1, -0.05) is 12.5 Å². The van der Waals surface area contributed by atoms with Crippen LogP contribution in [0.5, 0.6) is 0 Å². The van der Waals surface area contributed by atoms with Gasteiger partial charge in [0, 0.05) is 17.3 Å².